The molecule has 0 saturated heterocycles. The number of rotatable bonds is 4. The van der Waals surface area contributed by atoms with Crippen molar-refractivity contribution in [2.45, 2.75) is 20.3 Å². The molecule has 0 atom stereocenters. The third-order valence-corrected chi connectivity index (χ3v) is 3.31. The molecule has 2 nitrogen and oxygen atoms in total. The van der Waals surface area contributed by atoms with Crippen molar-refractivity contribution in [3.8, 4) is 0 Å². The van der Waals surface area contributed by atoms with Crippen LogP contribution in [-0.2, 0) is 6.42 Å². The first-order chi connectivity index (χ1) is 9.16. The van der Waals surface area contributed by atoms with Gasteiger partial charge in [-0.15, -0.1) is 0 Å². The van der Waals surface area contributed by atoms with Crippen LogP contribution in [0.3, 0.4) is 0 Å². The van der Waals surface area contributed by atoms with E-state index in [4.69, 9.17) is 0 Å². The predicted octanol–water partition coefficient (Wildman–Crippen LogP) is 3.28. The van der Waals surface area contributed by atoms with E-state index in [1.54, 1.807) is 0 Å². The van der Waals surface area contributed by atoms with Crippen LogP contribution in [0.15, 0.2) is 48.5 Å². The number of aryl methyl sites for hydroxylation is 2. The van der Waals surface area contributed by atoms with Crippen molar-refractivity contribution in [1.82, 2.24) is 5.32 Å². The maximum Gasteiger partial charge on any atom is 0.251 e. The maximum absolute atomic E-state index is 12.0. The van der Waals surface area contributed by atoms with Gasteiger partial charge in [-0.2, -0.15) is 0 Å². The molecule has 0 aliphatic carbocycles. The molecule has 0 aliphatic rings. The Morgan fingerprint density at radius 3 is 2.42 bits per heavy atom. The van der Waals surface area contributed by atoms with Gasteiger partial charge in [-0.1, -0.05) is 36.4 Å². The van der Waals surface area contributed by atoms with E-state index in [1.807, 2.05) is 50.2 Å². The smallest absolute Gasteiger partial charge is 0.251 e. The molecule has 1 amide bonds. The summed E-state index contributed by atoms with van der Waals surface area (Å²) in [5, 5.41) is 2.96. The molecule has 19 heavy (non-hydrogen) atoms. The average molecular weight is 253 g/mol. The highest BCUT2D eigenvalue weighted by Gasteiger charge is 2.05. The van der Waals surface area contributed by atoms with Crippen LogP contribution >= 0.6 is 0 Å². The van der Waals surface area contributed by atoms with Crippen LogP contribution < -0.4 is 5.32 Å². The van der Waals surface area contributed by atoms with Crippen molar-refractivity contribution in [1.29, 1.82) is 0 Å². The van der Waals surface area contributed by atoms with Crippen LogP contribution in [0.2, 0.25) is 0 Å². The molecule has 0 saturated carbocycles. The monoisotopic (exact) mass is 253 g/mol. The summed E-state index contributed by atoms with van der Waals surface area (Å²) in [6, 6.07) is 16.0. The fourth-order valence-corrected chi connectivity index (χ4v) is 1.95. The lowest BCUT2D eigenvalue weighted by molar-refractivity contribution is 0.0954. The fourth-order valence-electron chi connectivity index (χ4n) is 1.95. The zero-order valence-electron chi connectivity index (χ0n) is 11.4. The molecule has 0 fully saturated rings. The molecule has 2 aromatic carbocycles. The highest BCUT2D eigenvalue weighted by atomic mass is 16.1. The first kappa shape index (κ1) is 13.3. The quantitative estimate of drug-likeness (QED) is 0.890. The van der Waals surface area contributed by atoms with E-state index in [9.17, 15) is 4.79 Å². The molecule has 2 rings (SSSR count). The standard InChI is InChI=1S/C17H19NO/c1-13-8-9-16(12-14(13)2)17(19)18-11-10-15-6-4-3-5-7-15/h3-9,12H,10-11H2,1-2H3,(H,18,19). The number of benzene rings is 2. The van der Waals surface area contributed by atoms with Gasteiger partial charge in [-0.25, -0.2) is 0 Å². The molecule has 1 N–H and O–H groups in total. The lowest BCUT2D eigenvalue weighted by atomic mass is 10.1. The van der Waals surface area contributed by atoms with Crippen LogP contribution in [0.1, 0.15) is 27.0 Å². The molecule has 0 radical (unpaired) electrons. The Kier molecular flexibility index (Phi) is 4.35. The van der Waals surface area contributed by atoms with Gasteiger partial charge in [0.25, 0.3) is 5.91 Å². The highest BCUT2D eigenvalue weighted by molar-refractivity contribution is 5.94. The van der Waals surface area contributed by atoms with Gasteiger partial charge in [0, 0.05) is 12.1 Å². The van der Waals surface area contributed by atoms with E-state index in [0.717, 1.165) is 17.5 Å². The number of nitrogens with one attached hydrogen (secondary N) is 1. The summed E-state index contributed by atoms with van der Waals surface area (Å²) in [6.07, 6.45) is 0.859. The summed E-state index contributed by atoms with van der Waals surface area (Å²) in [7, 11) is 0. The van der Waals surface area contributed by atoms with Crippen LogP contribution in [0.25, 0.3) is 0 Å². The average Bonchev–Trinajstić information content (AvgIpc) is 2.43. The van der Waals surface area contributed by atoms with Crippen molar-refractivity contribution >= 4 is 5.91 Å². The second-order valence-corrected chi connectivity index (χ2v) is 4.79. The Morgan fingerprint density at radius 2 is 1.74 bits per heavy atom. The van der Waals surface area contributed by atoms with E-state index in [2.05, 4.69) is 17.4 Å². The van der Waals surface area contributed by atoms with Gasteiger partial charge in [-0.05, 0) is 49.1 Å². The number of hydrogen-bond donors (Lipinski definition) is 1. The summed E-state index contributed by atoms with van der Waals surface area (Å²) in [4.78, 5) is 12.0. The molecule has 0 heterocycles. The summed E-state index contributed by atoms with van der Waals surface area (Å²) >= 11 is 0. The van der Waals surface area contributed by atoms with Crippen molar-refractivity contribution in [3.05, 3.63) is 70.8 Å². The van der Waals surface area contributed by atoms with Crippen molar-refractivity contribution in [2.24, 2.45) is 0 Å². The minimum absolute atomic E-state index is 0.000897. The van der Waals surface area contributed by atoms with Gasteiger partial charge >= 0.3 is 0 Å². The maximum atomic E-state index is 12.0. The van der Waals surface area contributed by atoms with Crippen molar-refractivity contribution < 1.29 is 4.79 Å². The summed E-state index contributed by atoms with van der Waals surface area (Å²) in [5.74, 6) is -0.000897. The molecular weight excluding hydrogens is 234 g/mol. The van der Waals surface area contributed by atoms with E-state index in [1.165, 1.54) is 11.1 Å². The van der Waals surface area contributed by atoms with E-state index < -0.39 is 0 Å². The Labute approximate surface area is 114 Å². The van der Waals surface area contributed by atoms with Gasteiger partial charge in [0.2, 0.25) is 0 Å². The minimum atomic E-state index is -0.000897. The Balaban J connectivity index is 1.89. The van der Waals surface area contributed by atoms with E-state index in [-0.39, 0.29) is 5.91 Å². The molecule has 0 unspecified atom stereocenters. The zero-order valence-corrected chi connectivity index (χ0v) is 11.4. The van der Waals surface area contributed by atoms with Crippen LogP contribution in [-0.4, -0.2) is 12.5 Å². The van der Waals surface area contributed by atoms with Gasteiger partial charge in [0.15, 0.2) is 0 Å². The van der Waals surface area contributed by atoms with Crippen molar-refractivity contribution in [3.63, 3.8) is 0 Å². The highest BCUT2D eigenvalue weighted by Crippen LogP contribution is 2.09. The molecular formula is C17H19NO. The largest absolute Gasteiger partial charge is 0.352 e. The van der Waals surface area contributed by atoms with Crippen LogP contribution in [0, 0.1) is 13.8 Å². The Hall–Kier alpha value is -2.09. The topological polar surface area (TPSA) is 29.1 Å². The van der Waals surface area contributed by atoms with Gasteiger partial charge < -0.3 is 5.32 Å². The van der Waals surface area contributed by atoms with Crippen LogP contribution in [0.5, 0.6) is 0 Å². The molecule has 0 aliphatic heterocycles. The second kappa shape index (κ2) is 6.19. The Bertz CT molecular complexity index is 561. The predicted molar refractivity (Wildman–Crippen MR) is 78.4 cm³/mol. The van der Waals surface area contributed by atoms with E-state index in [0.29, 0.717) is 6.54 Å². The number of hydrogen-bond acceptors (Lipinski definition) is 1. The molecule has 0 aromatic heterocycles. The normalized spacial score (nSPS) is 10.2. The lowest BCUT2D eigenvalue weighted by Crippen LogP contribution is -2.25. The second-order valence-electron chi connectivity index (χ2n) is 4.79. The molecule has 2 aromatic rings. The third-order valence-electron chi connectivity index (χ3n) is 3.31. The Morgan fingerprint density at radius 1 is 1.00 bits per heavy atom. The summed E-state index contributed by atoms with van der Waals surface area (Å²) in [6.45, 7) is 4.73. The number of amides is 1. The third kappa shape index (κ3) is 3.68. The SMILES string of the molecule is Cc1ccc(C(=O)NCCc2ccccc2)cc1C. The first-order valence-corrected chi connectivity index (χ1v) is 6.56. The molecule has 2 heteroatoms. The van der Waals surface area contributed by atoms with Gasteiger partial charge in [0.05, 0.1) is 0 Å². The molecule has 98 valence electrons. The van der Waals surface area contributed by atoms with Gasteiger partial charge in [0.1, 0.15) is 0 Å². The fraction of sp³-hybridized carbons (Fsp3) is 0.235. The number of carbonyl (C=O) groups excluding carboxylic acids is 1. The summed E-state index contributed by atoms with van der Waals surface area (Å²) < 4.78 is 0. The van der Waals surface area contributed by atoms with Crippen LogP contribution in [0.4, 0.5) is 0 Å². The summed E-state index contributed by atoms with van der Waals surface area (Å²) in [5.41, 5.74) is 4.33. The van der Waals surface area contributed by atoms with E-state index >= 15 is 0 Å². The zero-order chi connectivity index (χ0) is 13.7. The minimum Gasteiger partial charge on any atom is -0.352 e. The van der Waals surface area contributed by atoms with Crippen molar-refractivity contribution in [2.75, 3.05) is 6.54 Å². The first-order valence-electron chi connectivity index (χ1n) is 6.56. The molecule has 0 spiro atoms. The number of carbonyl (C=O) groups is 1. The lowest BCUT2D eigenvalue weighted by Gasteiger charge is -2.07. The van der Waals surface area contributed by atoms with Gasteiger partial charge in [-0.3, -0.25) is 4.79 Å². The molecule has 0 bridgehead atoms.